The normalized spacial score (nSPS) is 12.6. The highest BCUT2D eigenvalue weighted by Gasteiger charge is 2.07. The molecule has 4 heteroatoms. The number of aliphatic hydroxyl groups is 1. The molecule has 0 radical (unpaired) electrons. The van der Waals surface area contributed by atoms with Crippen LogP contribution in [0.15, 0.2) is 12.3 Å². The van der Waals surface area contributed by atoms with Gasteiger partial charge in [0.05, 0.1) is 18.4 Å². The molecule has 0 spiro atoms. The quantitative estimate of drug-likeness (QED) is 0.815. The molecule has 0 amide bonds. The fourth-order valence-electron chi connectivity index (χ4n) is 0.930. The summed E-state index contributed by atoms with van der Waals surface area (Å²) in [5, 5.41) is 9.71. The van der Waals surface area contributed by atoms with Gasteiger partial charge < -0.3 is 9.84 Å². The third kappa shape index (κ3) is 2.57. The lowest BCUT2D eigenvalue weighted by atomic mass is 10.2. The predicted molar refractivity (Wildman–Crippen MR) is 51.0 cm³/mol. The first-order chi connectivity index (χ1) is 6.15. The van der Waals surface area contributed by atoms with E-state index in [4.69, 9.17) is 16.3 Å². The zero-order valence-corrected chi connectivity index (χ0v) is 8.38. The Morgan fingerprint density at radius 1 is 1.69 bits per heavy atom. The molecular formula is C9H12ClNO2. The number of rotatable bonds is 3. The van der Waals surface area contributed by atoms with E-state index in [9.17, 15) is 5.11 Å². The molecule has 0 fully saturated rings. The lowest BCUT2D eigenvalue weighted by Crippen LogP contribution is -1.98. The zero-order chi connectivity index (χ0) is 9.84. The number of aliphatic hydroxyl groups excluding tert-OH is 1. The van der Waals surface area contributed by atoms with Gasteiger partial charge in [-0.15, -0.1) is 0 Å². The minimum Gasteiger partial charge on any atom is -0.492 e. The van der Waals surface area contributed by atoms with Crippen molar-refractivity contribution in [2.24, 2.45) is 0 Å². The number of aromatic nitrogens is 1. The molecular weight excluding hydrogens is 190 g/mol. The van der Waals surface area contributed by atoms with Crippen molar-refractivity contribution in [1.29, 1.82) is 0 Å². The molecule has 0 bridgehead atoms. The van der Waals surface area contributed by atoms with E-state index >= 15 is 0 Å². The lowest BCUT2D eigenvalue weighted by Gasteiger charge is -2.08. The van der Waals surface area contributed by atoms with Gasteiger partial charge in [-0.3, -0.25) is 4.98 Å². The Hall–Kier alpha value is -0.800. The van der Waals surface area contributed by atoms with Crippen LogP contribution in [-0.2, 0) is 0 Å². The monoisotopic (exact) mass is 201 g/mol. The zero-order valence-electron chi connectivity index (χ0n) is 7.62. The van der Waals surface area contributed by atoms with Crippen molar-refractivity contribution in [1.82, 2.24) is 4.98 Å². The van der Waals surface area contributed by atoms with Crippen molar-refractivity contribution in [3.05, 3.63) is 23.0 Å². The Kier molecular flexibility index (Phi) is 3.51. The molecule has 1 aromatic rings. The van der Waals surface area contributed by atoms with Gasteiger partial charge in [-0.1, -0.05) is 11.6 Å². The third-order valence-corrected chi connectivity index (χ3v) is 1.85. The fraction of sp³-hybridized carbons (Fsp3) is 0.444. The molecule has 0 aliphatic carbocycles. The average molecular weight is 202 g/mol. The number of pyridine rings is 1. The first kappa shape index (κ1) is 10.3. The average Bonchev–Trinajstić information content (AvgIpc) is 2.08. The SMILES string of the molecule is CCOc1cc(C(C)O)ncc1Cl. The van der Waals surface area contributed by atoms with Crippen LogP contribution in [0.3, 0.4) is 0 Å². The minimum absolute atomic E-state index is 0.464. The Labute approximate surface area is 82.3 Å². The van der Waals surface area contributed by atoms with Crippen LogP contribution in [0, 0.1) is 0 Å². The van der Waals surface area contributed by atoms with Crippen molar-refractivity contribution in [3.8, 4) is 5.75 Å². The van der Waals surface area contributed by atoms with Crippen LogP contribution in [0.1, 0.15) is 25.6 Å². The molecule has 1 rings (SSSR count). The highest BCUT2D eigenvalue weighted by atomic mass is 35.5. The summed E-state index contributed by atoms with van der Waals surface area (Å²) in [7, 11) is 0. The Bertz CT molecular complexity index is 289. The molecule has 0 aromatic carbocycles. The van der Waals surface area contributed by atoms with Crippen LogP contribution in [-0.4, -0.2) is 16.7 Å². The maximum Gasteiger partial charge on any atom is 0.141 e. The molecule has 0 aliphatic heterocycles. The fourth-order valence-corrected chi connectivity index (χ4v) is 1.09. The second-order valence-electron chi connectivity index (χ2n) is 2.65. The maximum absolute atomic E-state index is 9.25. The van der Waals surface area contributed by atoms with Crippen LogP contribution in [0.2, 0.25) is 5.02 Å². The summed E-state index contributed by atoms with van der Waals surface area (Å²) in [6, 6.07) is 1.65. The Morgan fingerprint density at radius 3 is 2.92 bits per heavy atom. The van der Waals surface area contributed by atoms with E-state index in [1.54, 1.807) is 13.0 Å². The number of hydrogen-bond donors (Lipinski definition) is 1. The highest BCUT2D eigenvalue weighted by molar-refractivity contribution is 6.31. The first-order valence-corrected chi connectivity index (χ1v) is 4.49. The summed E-state index contributed by atoms with van der Waals surface area (Å²) >= 11 is 5.81. The van der Waals surface area contributed by atoms with Crippen LogP contribution in [0.5, 0.6) is 5.75 Å². The summed E-state index contributed by atoms with van der Waals surface area (Å²) in [5.74, 6) is 0.565. The molecule has 0 saturated carbocycles. The van der Waals surface area contributed by atoms with Crippen molar-refractivity contribution in [2.75, 3.05) is 6.61 Å². The van der Waals surface area contributed by atoms with Gasteiger partial charge in [-0.2, -0.15) is 0 Å². The number of nitrogens with zero attached hydrogens (tertiary/aromatic N) is 1. The second-order valence-corrected chi connectivity index (χ2v) is 3.06. The van der Waals surface area contributed by atoms with Gasteiger partial charge in [0.1, 0.15) is 10.8 Å². The molecule has 1 heterocycles. The van der Waals surface area contributed by atoms with Crippen LogP contribution < -0.4 is 4.74 Å². The van der Waals surface area contributed by atoms with E-state index < -0.39 is 6.10 Å². The largest absolute Gasteiger partial charge is 0.492 e. The Balaban J connectivity index is 2.97. The molecule has 1 aromatic heterocycles. The number of ether oxygens (including phenoxy) is 1. The van der Waals surface area contributed by atoms with E-state index in [-0.39, 0.29) is 0 Å². The van der Waals surface area contributed by atoms with Crippen molar-refractivity contribution in [3.63, 3.8) is 0 Å². The molecule has 3 nitrogen and oxygen atoms in total. The van der Waals surface area contributed by atoms with E-state index in [0.29, 0.717) is 23.1 Å². The minimum atomic E-state index is -0.600. The van der Waals surface area contributed by atoms with E-state index in [0.717, 1.165) is 0 Å². The first-order valence-electron chi connectivity index (χ1n) is 4.11. The number of hydrogen-bond acceptors (Lipinski definition) is 3. The van der Waals surface area contributed by atoms with Crippen molar-refractivity contribution in [2.45, 2.75) is 20.0 Å². The number of halogens is 1. The summed E-state index contributed by atoms with van der Waals surface area (Å²) in [4.78, 5) is 3.96. The Morgan fingerprint density at radius 2 is 2.38 bits per heavy atom. The lowest BCUT2D eigenvalue weighted by molar-refractivity contribution is 0.193. The molecule has 0 aliphatic rings. The van der Waals surface area contributed by atoms with Gasteiger partial charge in [0.2, 0.25) is 0 Å². The summed E-state index contributed by atoms with van der Waals surface area (Å²) in [6.45, 7) is 4.06. The predicted octanol–water partition coefficient (Wildman–Crippen LogP) is 2.19. The van der Waals surface area contributed by atoms with Gasteiger partial charge in [-0.25, -0.2) is 0 Å². The van der Waals surface area contributed by atoms with E-state index in [2.05, 4.69) is 4.98 Å². The van der Waals surface area contributed by atoms with Crippen molar-refractivity contribution < 1.29 is 9.84 Å². The van der Waals surface area contributed by atoms with E-state index in [1.165, 1.54) is 6.20 Å². The molecule has 0 saturated heterocycles. The van der Waals surface area contributed by atoms with Crippen LogP contribution in [0.4, 0.5) is 0 Å². The van der Waals surface area contributed by atoms with Crippen LogP contribution >= 0.6 is 11.6 Å². The summed E-state index contributed by atoms with van der Waals surface area (Å²) in [6.07, 6.45) is 0.880. The van der Waals surface area contributed by atoms with Gasteiger partial charge >= 0.3 is 0 Å². The molecule has 72 valence electrons. The summed E-state index contributed by atoms with van der Waals surface area (Å²) in [5.41, 5.74) is 0.563. The second kappa shape index (κ2) is 4.44. The highest BCUT2D eigenvalue weighted by Crippen LogP contribution is 2.25. The third-order valence-electron chi connectivity index (χ3n) is 1.57. The van der Waals surface area contributed by atoms with Gasteiger partial charge in [0, 0.05) is 12.3 Å². The molecule has 13 heavy (non-hydrogen) atoms. The van der Waals surface area contributed by atoms with E-state index in [1.807, 2.05) is 6.92 Å². The maximum atomic E-state index is 9.25. The van der Waals surface area contributed by atoms with Crippen LogP contribution in [0.25, 0.3) is 0 Å². The van der Waals surface area contributed by atoms with Crippen molar-refractivity contribution >= 4 is 11.6 Å². The van der Waals surface area contributed by atoms with Gasteiger partial charge in [0.15, 0.2) is 0 Å². The van der Waals surface area contributed by atoms with Gasteiger partial charge in [-0.05, 0) is 13.8 Å². The molecule has 1 unspecified atom stereocenters. The molecule has 1 atom stereocenters. The van der Waals surface area contributed by atoms with Gasteiger partial charge in [0.25, 0.3) is 0 Å². The standard InChI is InChI=1S/C9H12ClNO2/c1-3-13-9-4-8(6(2)12)11-5-7(9)10/h4-6,12H,3H2,1-2H3. The smallest absolute Gasteiger partial charge is 0.141 e. The summed E-state index contributed by atoms with van der Waals surface area (Å²) < 4.78 is 5.24. The molecule has 1 N–H and O–H groups in total. The topological polar surface area (TPSA) is 42.4 Å².